The number of benzene rings is 2. The monoisotopic (exact) mass is 436 g/mol. The second-order valence-corrected chi connectivity index (χ2v) is 8.23. The van der Waals surface area contributed by atoms with Crippen LogP contribution in [0.25, 0.3) is 21.7 Å². The van der Waals surface area contributed by atoms with Crippen LogP contribution in [0.5, 0.6) is 0 Å². The standard InChI is InChI=1S/C26H24N6O/c1-16-10-22-21(7-9-29-25(22)27)17(2)23(16)13-30-26(33)20-12-31-32(15-20)14-18-5-6-24-19(11-18)4-3-8-28-24/h3-12,15H,13-14H2,1-2H3,(H2,27,29)(H,30,33). The lowest BCUT2D eigenvalue weighted by atomic mass is 9.96. The number of hydrogen-bond donors (Lipinski definition) is 2. The van der Waals surface area contributed by atoms with E-state index in [1.54, 1.807) is 29.5 Å². The molecule has 0 bridgehead atoms. The minimum Gasteiger partial charge on any atom is -0.383 e. The number of pyridine rings is 2. The van der Waals surface area contributed by atoms with E-state index in [-0.39, 0.29) is 5.91 Å². The average molecular weight is 437 g/mol. The first-order valence-electron chi connectivity index (χ1n) is 10.8. The quantitative estimate of drug-likeness (QED) is 0.431. The minimum absolute atomic E-state index is 0.155. The molecule has 0 unspecified atom stereocenters. The number of nitrogens with two attached hydrogens (primary N) is 1. The number of carbonyl (C=O) groups excluding carboxylic acids is 1. The van der Waals surface area contributed by atoms with Crippen molar-refractivity contribution in [1.82, 2.24) is 25.1 Å². The molecular formula is C26H24N6O. The molecule has 5 rings (SSSR count). The van der Waals surface area contributed by atoms with Crippen molar-refractivity contribution in [3.63, 3.8) is 0 Å². The Morgan fingerprint density at radius 1 is 1.06 bits per heavy atom. The maximum atomic E-state index is 12.8. The summed E-state index contributed by atoms with van der Waals surface area (Å²) in [7, 11) is 0. The van der Waals surface area contributed by atoms with Crippen LogP contribution in [0, 0.1) is 13.8 Å². The molecule has 1 amide bonds. The number of anilines is 1. The summed E-state index contributed by atoms with van der Waals surface area (Å²) >= 11 is 0. The molecule has 33 heavy (non-hydrogen) atoms. The largest absolute Gasteiger partial charge is 0.383 e. The van der Waals surface area contributed by atoms with E-state index in [1.807, 2.05) is 50.2 Å². The van der Waals surface area contributed by atoms with E-state index in [0.29, 0.717) is 24.5 Å². The van der Waals surface area contributed by atoms with Gasteiger partial charge in [0.05, 0.1) is 23.8 Å². The maximum absolute atomic E-state index is 12.8. The summed E-state index contributed by atoms with van der Waals surface area (Å²) in [6.07, 6.45) is 6.87. The van der Waals surface area contributed by atoms with Gasteiger partial charge in [-0.3, -0.25) is 14.5 Å². The van der Waals surface area contributed by atoms with Gasteiger partial charge < -0.3 is 11.1 Å². The van der Waals surface area contributed by atoms with Gasteiger partial charge in [-0.05, 0) is 71.8 Å². The van der Waals surface area contributed by atoms with E-state index in [0.717, 1.165) is 43.9 Å². The molecule has 0 spiro atoms. The van der Waals surface area contributed by atoms with Gasteiger partial charge in [-0.1, -0.05) is 12.1 Å². The van der Waals surface area contributed by atoms with Crippen LogP contribution in [0.15, 0.2) is 67.3 Å². The van der Waals surface area contributed by atoms with E-state index < -0.39 is 0 Å². The number of fused-ring (bicyclic) bond motifs is 2. The summed E-state index contributed by atoms with van der Waals surface area (Å²) in [6.45, 7) is 5.08. The van der Waals surface area contributed by atoms with Crippen LogP contribution < -0.4 is 11.1 Å². The lowest BCUT2D eigenvalue weighted by Gasteiger charge is -2.14. The molecule has 3 heterocycles. The Morgan fingerprint density at radius 3 is 2.82 bits per heavy atom. The molecule has 7 heteroatoms. The van der Waals surface area contributed by atoms with Crippen LogP contribution in [0.4, 0.5) is 5.82 Å². The Labute approximate surface area is 191 Å². The molecule has 5 aromatic rings. The zero-order chi connectivity index (χ0) is 22.9. The van der Waals surface area contributed by atoms with Crippen molar-refractivity contribution >= 4 is 33.4 Å². The zero-order valence-corrected chi connectivity index (χ0v) is 18.5. The molecule has 7 nitrogen and oxygen atoms in total. The number of aryl methyl sites for hydroxylation is 2. The molecule has 2 aromatic carbocycles. The Kier molecular flexibility index (Phi) is 5.22. The third kappa shape index (κ3) is 4.01. The molecule has 0 atom stereocenters. The summed E-state index contributed by atoms with van der Waals surface area (Å²) in [5.41, 5.74) is 11.9. The first-order valence-corrected chi connectivity index (χ1v) is 10.8. The third-order valence-electron chi connectivity index (χ3n) is 6.05. The van der Waals surface area contributed by atoms with Crippen molar-refractivity contribution in [2.75, 3.05) is 5.73 Å². The fraction of sp³-hybridized carbons (Fsp3) is 0.154. The highest BCUT2D eigenvalue weighted by Gasteiger charge is 2.13. The first kappa shape index (κ1) is 20.6. The smallest absolute Gasteiger partial charge is 0.254 e. The zero-order valence-electron chi connectivity index (χ0n) is 18.5. The van der Waals surface area contributed by atoms with Crippen molar-refractivity contribution in [3.8, 4) is 0 Å². The number of nitrogens with one attached hydrogen (secondary N) is 1. The van der Waals surface area contributed by atoms with E-state index in [2.05, 4.69) is 26.4 Å². The predicted octanol–water partition coefficient (Wildman–Crippen LogP) is 4.16. The molecule has 3 aromatic heterocycles. The SMILES string of the molecule is Cc1cc2c(N)nccc2c(C)c1CNC(=O)c1cnn(Cc2ccc3ncccc3c2)c1. The number of nitrogens with zero attached hydrogens (tertiary/aromatic N) is 4. The number of hydrogen-bond acceptors (Lipinski definition) is 5. The molecule has 0 radical (unpaired) electrons. The number of carbonyl (C=O) groups is 1. The number of rotatable bonds is 5. The van der Waals surface area contributed by atoms with E-state index in [9.17, 15) is 4.79 Å². The van der Waals surface area contributed by atoms with Gasteiger partial charge in [0.1, 0.15) is 5.82 Å². The van der Waals surface area contributed by atoms with Crippen molar-refractivity contribution in [2.24, 2.45) is 0 Å². The van der Waals surface area contributed by atoms with Crippen LogP contribution >= 0.6 is 0 Å². The van der Waals surface area contributed by atoms with Gasteiger partial charge in [-0.15, -0.1) is 0 Å². The Morgan fingerprint density at radius 2 is 1.94 bits per heavy atom. The molecule has 3 N–H and O–H groups in total. The van der Waals surface area contributed by atoms with Crippen LogP contribution in [-0.2, 0) is 13.1 Å². The summed E-state index contributed by atoms with van der Waals surface area (Å²) in [6, 6.07) is 14.1. The Hall–Kier alpha value is -4.26. The average Bonchev–Trinajstić information content (AvgIpc) is 3.28. The highest BCUT2D eigenvalue weighted by Crippen LogP contribution is 2.27. The molecule has 0 fully saturated rings. The fourth-order valence-electron chi connectivity index (χ4n) is 4.25. The van der Waals surface area contributed by atoms with E-state index >= 15 is 0 Å². The van der Waals surface area contributed by atoms with Gasteiger partial charge in [0, 0.05) is 35.9 Å². The summed E-state index contributed by atoms with van der Waals surface area (Å²) in [4.78, 5) is 21.3. The third-order valence-corrected chi connectivity index (χ3v) is 6.05. The second-order valence-electron chi connectivity index (χ2n) is 8.23. The predicted molar refractivity (Wildman–Crippen MR) is 130 cm³/mol. The van der Waals surface area contributed by atoms with Crippen LogP contribution in [-0.4, -0.2) is 25.7 Å². The number of aromatic nitrogens is 4. The van der Waals surface area contributed by atoms with Crippen LogP contribution in [0.1, 0.15) is 32.6 Å². The molecular weight excluding hydrogens is 412 g/mol. The summed E-state index contributed by atoms with van der Waals surface area (Å²) < 4.78 is 1.77. The van der Waals surface area contributed by atoms with E-state index in [1.165, 1.54) is 0 Å². The molecule has 0 saturated carbocycles. The summed E-state index contributed by atoms with van der Waals surface area (Å²) in [5, 5.41) is 10.5. The number of amides is 1. The van der Waals surface area contributed by atoms with Crippen molar-refractivity contribution in [3.05, 3.63) is 95.1 Å². The molecule has 0 aliphatic heterocycles. The highest BCUT2D eigenvalue weighted by atomic mass is 16.1. The normalized spacial score (nSPS) is 11.2. The summed E-state index contributed by atoms with van der Waals surface area (Å²) in [5.74, 6) is 0.362. The minimum atomic E-state index is -0.155. The van der Waals surface area contributed by atoms with Crippen LogP contribution in [0.2, 0.25) is 0 Å². The van der Waals surface area contributed by atoms with Crippen molar-refractivity contribution in [2.45, 2.75) is 26.9 Å². The molecule has 164 valence electrons. The topological polar surface area (TPSA) is 98.7 Å². The molecule has 0 aliphatic carbocycles. The Bertz CT molecular complexity index is 1500. The molecule has 0 aliphatic rings. The van der Waals surface area contributed by atoms with Crippen molar-refractivity contribution < 1.29 is 4.79 Å². The van der Waals surface area contributed by atoms with Crippen molar-refractivity contribution in [1.29, 1.82) is 0 Å². The number of nitrogen functional groups attached to an aromatic ring is 1. The second kappa shape index (κ2) is 8.35. The van der Waals surface area contributed by atoms with Crippen LogP contribution in [0.3, 0.4) is 0 Å². The first-order chi connectivity index (χ1) is 16.0. The van der Waals surface area contributed by atoms with Gasteiger partial charge >= 0.3 is 0 Å². The van der Waals surface area contributed by atoms with Gasteiger partial charge in [0.25, 0.3) is 5.91 Å². The fourth-order valence-corrected chi connectivity index (χ4v) is 4.25. The molecule has 0 saturated heterocycles. The van der Waals surface area contributed by atoms with E-state index in [4.69, 9.17) is 5.73 Å². The Balaban J connectivity index is 1.30. The van der Waals surface area contributed by atoms with Gasteiger partial charge in [0.15, 0.2) is 0 Å². The van der Waals surface area contributed by atoms with Gasteiger partial charge in [-0.2, -0.15) is 5.10 Å². The lowest BCUT2D eigenvalue weighted by Crippen LogP contribution is -2.23. The van der Waals surface area contributed by atoms with Gasteiger partial charge in [-0.25, -0.2) is 4.98 Å². The highest BCUT2D eigenvalue weighted by molar-refractivity contribution is 5.95. The van der Waals surface area contributed by atoms with Gasteiger partial charge in [0.2, 0.25) is 0 Å². The maximum Gasteiger partial charge on any atom is 0.254 e. The lowest BCUT2D eigenvalue weighted by molar-refractivity contribution is 0.0950.